The molecule has 0 saturated carbocycles. The zero-order valence-corrected chi connectivity index (χ0v) is 13.2. The minimum Gasteiger partial charge on any atom is -0.444 e. The van der Waals surface area contributed by atoms with Crippen LogP contribution in [0.15, 0.2) is 5.38 Å². The lowest BCUT2D eigenvalue weighted by molar-refractivity contribution is 0.0184. The van der Waals surface area contributed by atoms with Gasteiger partial charge in [0.05, 0.1) is 5.69 Å². The molecule has 2 heterocycles. The van der Waals surface area contributed by atoms with Crippen molar-refractivity contribution in [2.75, 3.05) is 18.8 Å². The summed E-state index contributed by atoms with van der Waals surface area (Å²) < 4.78 is 5.39. The van der Waals surface area contributed by atoms with Crippen molar-refractivity contribution in [3.63, 3.8) is 0 Å². The number of hydrogen-bond acceptors (Lipinski definition) is 5. The molecular formula is C14H23N3O2S. The Balaban J connectivity index is 1.79. The molecule has 20 heavy (non-hydrogen) atoms. The van der Waals surface area contributed by atoms with E-state index in [1.54, 1.807) is 4.90 Å². The first kappa shape index (κ1) is 15.1. The Labute approximate surface area is 124 Å². The second-order valence-electron chi connectivity index (χ2n) is 6.29. The molecule has 1 aromatic heterocycles. The van der Waals surface area contributed by atoms with Gasteiger partial charge in [-0.1, -0.05) is 0 Å². The van der Waals surface area contributed by atoms with Crippen molar-refractivity contribution in [3.05, 3.63) is 11.1 Å². The minimum atomic E-state index is -0.425. The molecule has 2 rings (SSSR count). The van der Waals surface area contributed by atoms with E-state index in [1.165, 1.54) is 11.3 Å². The average Bonchev–Trinajstić information content (AvgIpc) is 2.73. The van der Waals surface area contributed by atoms with Crippen molar-refractivity contribution in [3.8, 4) is 0 Å². The Bertz CT molecular complexity index is 459. The van der Waals surface area contributed by atoms with Crippen LogP contribution in [0.3, 0.4) is 0 Å². The van der Waals surface area contributed by atoms with Gasteiger partial charge in [-0.2, -0.15) is 0 Å². The van der Waals surface area contributed by atoms with Crippen LogP contribution in [0.4, 0.5) is 9.93 Å². The number of amides is 1. The Morgan fingerprint density at radius 1 is 1.50 bits per heavy atom. The first-order valence-corrected chi connectivity index (χ1v) is 7.89. The van der Waals surface area contributed by atoms with Gasteiger partial charge < -0.3 is 15.4 Å². The molecule has 0 spiro atoms. The summed E-state index contributed by atoms with van der Waals surface area (Å²) in [5, 5.41) is 2.65. The number of carbonyl (C=O) groups excluding carboxylic acids is 1. The highest BCUT2D eigenvalue weighted by Gasteiger charge is 2.27. The fourth-order valence-corrected chi connectivity index (χ4v) is 2.93. The average molecular weight is 297 g/mol. The van der Waals surface area contributed by atoms with Crippen LogP contribution in [0.25, 0.3) is 0 Å². The summed E-state index contributed by atoms with van der Waals surface area (Å²) in [6.45, 7) is 7.21. The summed E-state index contributed by atoms with van der Waals surface area (Å²) in [4.78, 5) is 18.1. The second-order valence-corrected chi connectivity index (χ2v) is 7.18. The number of nitrogens with zero attached hydrogens (tertiary/aromatic N) is 2. The van der Waals surface area contributed by atoms with Crippen LogP contribution in [-0.4, -0.2) is 34.7 Å². The van der Waals surface area contributed by atoms with Gasteiger partial charge in [-0.3, -0.25) is 0 Å². The van der Waals surface area contributed by atoms with Gasteiger partial charge in [0, 0.05) is 18.5 Å². The van der Waals surface area contributed by atoms with Gasteiger partial charge in [0.15, 0.2) is 5.13 Å². The molecule has 1 amide bonds. The van der Waals surface area contributed by atoms with E-state index >= 15 is 0 Å². The third-order valence-corrected chi connectivity index (χ3v) is 4.06. The third kappa shape index (κ3) is 4.37. The van der Waals surface area contributed by atoms with E-state index in [2.05, 4.69) is 4.98 Å². The number of hydrogen-bond donors (Lipinski definition) is 1. The van der Waals surface area contributed by atoms with Crippen LogP contribution in [0.5, 0.6) is 0 Å². The monoisotopic (exact) mass is 297 g/mol. The van der Waals surface area contributed by atoms with Crippen molar-refractivity contribution in [2.24, 2.45) is 5.92 Å². The summed E-state index contributed by atoms with van der Waals surface area (Å²) in [5.74, 6) is 0.579. The van der Waals surface area contributed by atoms with E-state index < -0.39 is 5.60 Å². The summed E-state index contributed by atoms with van der Waals surface area (Å²) in [5.41, 5.74) is 6.29. The summed E-state index contributed by atoms with van der Waals surface area (Å²) >= 11 is 1.49. The van der Waals surface area contributed by atoms with Gasteiger partial charge in [0.1, 0.15) is 5.60 Å². The number of nitrogens with two attached hydrogens (primary N) is 1. The summed E-state index contributed by atoms with van der Waals surface area (Å²) in [6.07, 6.45) is 2.75. The molecule has 1 aliphatic heterocycles. The van der Waals surface area contributed by atoms with E-state index in [4.69, 9.17) is 10.5 Å². The predicted octanol–water partition coefficient (Wildman–Crippen LogP) is 2.91. The second kappa shape index (κ2) is 5.99. The molecule has 1 aromatic rings. The molecule has 0 unspecified atom stereocenters. The van der Waals surface area contributed by atoms with Crippen molar-refractivity contribution in [2.45, 2.75) is 45.6 Å². The number of likely N-dealkylation sites (tertiary alicyclic amines) is 1. The van der Waals surface area contributed by atoms with E-state index in [0.717, 1.165) is 38.0 Å². The molecule has 0 atom stereocenters. The zero-order valence-electron chi connectivity index (χ0n) is 12.4. The lowest BCUT2D eigenvalue weighted by Crippen LogP contribution is -2.42. The number of carbonyl (C=O) groups is 1. The molecule has 0 radical (unpaired) electrons. The van der Waals surface area contributed by atoms with Crippen molar-refractivity contribution >= 4 is 22.6 Å². The van der Waals surface area contributed by atoms with Gasteiger partial charge in [-0.25, -0.2) is 9.78 Å². The molecule has 1 fully saturated rings. The van der Waals surface area contributed by atoms with Crippen LogP contribution < -0.4 is 5.73 Å². The highest BCUT2D eigenvalue weighted by Crippen LogP contribution is 2.24. The Morgan fingerprint density at radius 3 is 2.65 bits per heavy atom. The molecule has 5 nitrogen and oxygen atoms in total. The zero-order chi connectivity index (χ0) is 14.8. The fraction of sp³-hybridized carbons (Fsp3) is 0.714. The molecular weight excluding hydrogens is 274 g/mol. The number of nitrogen functional groups attached to an aromatic ring is 1. The maximum atomic E-state index is 12.0. The van der Waals surface area contributed by atoms with Crippen molar-refractivity contribution in [1.29, 1.82) is 0 Å². The molecule has 0 bridgehead atoms. The summed E-state index contributed by atoms with van der Waals surface area (Å²) in [7, 11) is 0. The number of rotatable bonds is 2. The van der Waals surface area contributed by atoms with E-state index in [9.17, 15) is 4.79 Å². The van der Waals surface area contributed by atoms with E-state index in [1.807, 2.05) is 26.2 Å². The Kier molecular flexibility index (Phi) is 4.52. The highest BCUT2D eigenvalue weighted by molar-refractivity contribution is 7.13. The molecule has 0 aliphatic carbocycles. The van der Waals surface area contributed by atoms with E-state index in [0.29, 0.717) is 11.0 Å². The van der Waals surface area contributed by atoms with Crippen molar-refractivity contribution < 1.29 is 9.53 Å². The number of anilines is 1. The maximum absolute atomic E-state index is 12.0. The maximum Gasteiger partial charge on any atom is 0.410 e. The van der Waals surface area contributed by atoms with Gasteiger partial charge in [0.2, 0.25) is 0 Å². The molecule has 1 saturated heterocycles. The summed E-state index contributed by atoms with van der Waals surface area (Å²) in [6, 6.07) is 0. The lowest BCUT2D eigenvalue weighted by atomic mass is 9.93. The normalized spacial score (nSPS) is 17.2. The molecule has 2 N–H and O–H groups in total. The first-order chi connectivity index (χ1) is 9.33. The first-order valence-electron chi connectivity index (χ1n) is 7.01. The standard InChI is InChI=1S/C14H23N3O2S/c1-14(2,3)19-13(18)17-6-4-10(5-7-17)8-11-9-20-12(15)16-11/h9-10H,4-8H2,1-3H3,(H2,15,16). The Morgan fingerprint density at radius 2 is 2.15 bits per heavy atom. The van der Waals surface area contributed by atoms with Crippen LogP contribution in [0, 0.1) is 5.92 Å². The van der Waals surface area contributed by atoms with Crippen LogP contribution in [-0.2, 0) is 11.2 Å². The number of thiazole rings is 1. The smallest absolute Gasteiger partial charge is 0.410 e. The topological polar surface area (TPSA) is 68.5 Å². The van der Waals surface area contributed by atoms with Crippen LogP contribution >= 0.6 is 11.3 Å². The SMILES string of the molecule is CC(C)(C)OC(=O)N1CCC(Cc2csc(N)n2)CC1. The molecule has 6 heteroatoms. The predicted molar refractivity (Wildman–Crippen MR) is 80.8 cm³/mol. The van der Waals surface area contributed by atoms with Gasteiger partial charge in [-0.05, 0) is 46.0 Å². The minimum absolute atomic E-state index is 0.200. The third-order valence-electron chi connectivity index (χ3n) is 3.33. The lowest BCUT2D eigenvalue weighted by Gasteiger charge is -2.33. The quantitative estimate of drug-likeness (QED) is 0.911. The molecule has 0 aromatic carbocycles. The van der Waals surface area contributed by atoms with Gasteiger partial charge in [0.25, 0.3) is 0 Å². The fourth-order valence-electron chi connectivity index (χ4n) is 2.36. The van der Waals surface area contributed by atoms with Crippen molar-refractivity contribution in [1.82, 2.24) is 9.88 Å². The molecule has 1 aliphatic rings. The van der Waals surface area contributed by atoms with E-state index in [-0.39, 0.29) is 6.09 Å². The van der Waals surface area contributed by atoms with Gasteiger partial charge in [-0.15, -0.1) is 11.3 Å². The van der Waals surface area contributed by atoms with Gasteiger partial charge >= 0.3 is 6.09 Å². The number of piperidine rings is 1. The highest BCUT2D eigenvalue weighted by atomic mass is 32.1. The largest absolute Gasteiger partial charge is 0.444 e. The van der Waals surface area contributed by atoms with Crippen LogP contribution in [0.2, 0.25) is 0 Å². The molecule has 112 valence electrons. The Hall–Kier alpha value is -1.30. The van der Waals surface area contributed by atoms with Crippen LogP contribution in [0.1, 0.15) is 39.3 Å². The number of aromatic nitrogens is 1. The number of ether oxygens (including phenoxy) is 1.